The number of alkyl halides is 1. The number of halogens is 2. The second kappa shape index (κ2) is 4.37. The quantitative estimate of drug-likeness (QED) is 0.830. The molecule has 0 aliphatic rings. The molecule has 13 heavy (non-hydrogen) atoms. The van der Waals surface area contributed by atoms with Gasteiger partial charge in [0.15, 0.2) is 11.6 Å². The molecule has 4 heteroatoms. The molecule has 0 saturated heterocycles. The third kappa shape index (κ3) is 2.81. The highest BCUT2D eigenvalue weighted by molar-refractivity contribution is 9.09. The van der Waals surface area contributed by atoms with Gasteiger partial charge in [-0.05, 0) is 17.7 Å². The summed E-state index contributed by atoms with van der Waals surface area (Å²) in [6.45, 7) is 0. The van der Waals surface area contributed by atoms with Crippen LogP contribution in [0.5, 0.6) is 5.75 Å². The Balaban J connectivity index is 2.79. The fourth-order valence-electron chi connectivity index (χ4n) is 0.943. The molecule has 0 aliphatic heterocycles. The SMILES string of the molecule is O=C(CBr)Cc1ccc(F)c(O)c1. The number of phenolic OH excluding ortho intramolecular Hbond substituents is 1. The largest absolute Gasteiger partial charge is 0.505 e. The highest BCUT2D eigenvalue weighted by Crippen LogP contribution is 2.17. The van der Waals surface area contributed by atoms with Crippen LogP contribution < -0.4 is 0 Å². The highest BCUT2D eigenvalue weighted by Gasteiger charge is 2.05. The minimum Gasteiger partial charge on any atom is -0.505 e. The molecule has 0 saturated carbocycles. The molecule has 1 N–H and O–H groups in total. The van der Waals surface area contributed by atoms with E-state index in [4.69, 9.17) is 5.11 Å². The summed E-state index contributed by atoms with van der Waals surface area (Å²) in [7, 11) is 0. The number of Topliss-reactive ketones (excluding diaryl/α,β-unsaturated/α-hetero) is 1. The Kier molecular flexibility index (Phi) is 3.42. The van der Waals surface area contributed by atoms with Crippen LogP contribution in [0.3, 0.4) is 0 Å². The minimum atomic E-state index is -0.671. The van der Waals surface area contributed by atoms with Crippen LogP contribution in [0.15, 0.2) is 18.2 Å². The molecule has 0 atom stereocenters. The van der Waals surface area contributed by atoms with Gasteiger partial charge < -0.3 is 5.11 Å². The molecule has 0 unspecified atom stereocenters. The third-order valence-corrected chi connectivity index (χ3v) is 2.19. The van der Waals surface area contributed by atoms with Crippen molar-refractivity contribution in [2.24, 2.45) is 0 Å². The van der Waals surface area contributed by atoms with E-state index in [-0.39, 0.29) is 17.5 Å². The van der Waals surface area contributed by atoms with Crippen molar-refractivity contribution in [1.29, 1.82) is 0 Å². The van der Waals surface area contributed by atoms with Crippen LogP contribution in [0.25, 0.3) is 0 Å². The first kappa shape index (κ1) is 10.2. The van der Waals surface area contributed by atoms with Gasteiger partial charge in [-0.2, -0.15) is 0 Å². The van der Waals surface area contributed by atoms with Crippen molar-refractivity contribution in [3.8, 4) is 5.75 Å². The zero-order chi connectivity index (χ0) is 9.84. The number of hydrogen-bond acceptors (Lipinski definition) is 2. The van der Waals surface area contributed by atoms with Gasteiger partial charge in [0.05, 0.1) is 5.33 Å². The predicted octanol–water partition coefficient (Wildman–Crippen LogP) is 2.04. The molecule has 1 aromatic rings. The van der Waals surface area contributed by atoms with Crippen molar-refractivity contribution in [3.63, 3.8) is 0 Å². The molecule has 0 amide bonds. The van der Waals surface area contributed by atoms with Gasteiger partial charge in [-0.3, -0.25) is 4.79 Å². The van der Waals surface area contributed by atoms with Crippen LogP contribution in [0.2, 0.25) is 0 Å². The second-order valence-corrected chi connectivity index (χ2v) is 3.20. The monoisotopic (exact) mass is 246 g/mol. The summed E-state index contributed by atoms with van der Waals surface area (Å²) in [5.74, 6) is -1.10. The zero-order valence-corrected chi connectivity index (χ0v) is 8.34. The van der Waals surface area contributed by atoms with E-state index in [2.05, 4.69) is 15.9 Å². The summed E-state index contributed by atoms with van der Waals surface area (Å²) >= 11 is 3.02. The van der Waals surface area contributed by atoms with Gasteiger partial charge in [-0.15, -0.1) is 0 Å². The summed E-state index contributed by atoms with van der Waals surface area (Å²) in [5, 5.41) is 9.26. The maximum absolute atomic E-state index is 12.6. The fourth-order valence-corrected chi connectivity index (χ4v) is 1.14. The average Bonchev–Trinajstić information content (AvgIpc) is 2.11. The normalized spacial score (nSPS) is 10.0. The van der Waals surface area contributed by atoms with Gasteiger partial charge in [0.25, 0.3) is 0 Å². The molecule has 0 radical (unpaired) electrons. The highest BCUT2D eigenvalue weighted by atomic mass is 79.9. The molecule has 0 aliphatic carbocycles. The lowest BCUT2D eigenvalue weighted by Crippen LogP contribution is -2.03. The van der Waals surface area contributed by atoms with Gasteiger partial charge in [-0.25, -0.2) is 4.39 Å². The molecule has 0 fully saturated rings. The molecular formula is C9H8BrFO2. The number of ketones is 1. The lowest BCUT2D eigenvalue weighted by Gasteiger charge is -2.00. The number of carbonyl (C=O) groups excluding carboxylic acids is 1. The van der Waals surface area contributed by atoms with Crippen molar-refractivity contribution in [2.75, 3.05) is 5.33 Å². The third-order valence-electron chi connectivity index (χ3n) is 1.56. The number of benzene rings is 1. The number of aromatic hydroxyl groups is 1. The van der Waals surface area contributed by atoms with Crippen molar-refractivity contribution in [3.05, 3.63) is 29.6 Å². The number of rotatable bonds is 3. The Labute approximate surface area is 83.5 Å². The summed E-state index contributed by atoms with van der Waals surface area (Å²) < 4.78 is 12.6. The smallest absolute Gasteiger partial charge is 0.164 e. The average molecular weight is 247 g/mol. The first-order valence-corrected chi connectivity index (χ1v) is 4.80. The van der Waals surface area contributed by atoms with Crippen molar-refractivity contribution in [2.45, 2.75) is 6.42 Å². The molecule has 0 spiro atoms. The van der Waals surface area contributed by atoms with Crippen molar-refractivity contribution in [1.82, 2.24) is 0 Å². The van der Waals surface area contributed by atoms with Crippen LogP contribution in [-0.2, 0) is 11.2 Å². The zero-order valence-electron chi connectivity index (χ0n) is 6.76. The summed E-state index contributed by atoms with van der Waals surface area (Å²) in [5.41, 5.74) is 0.614. The maximum Gasteiger partial charge on any atom is 0.164 e. The van der Waals surface area contributed by atoms with Crippen LogP contribution in [0.1, 0.15) is 5.56 Å². The molecule has 0 heterocycles. The molecule has 2 nitrogen and oxygen atoms in total. The molecule has 1 rings (SSSR count). The van der Waals surface area contributed by atoms with Gasteiger partial charge >= 0.3 is 0 Å². The van der Waals surface area contributed by atoms with Gasteiger partial charge in [0, 0.05) is 6.42 Å². The first-order chi connectivity index (χ1) is 6.13. The van der Waals surface area contributed by atoms with Crippen molar-refractivity contribution >= 4 is 21.7 Å². The van der Waals surface area contributed by atoms with Gasteiger partial charge in [0.2, 0.25) is 0 Å². The Hall–Kier alpha value is -0.900. The molecule has 1 aromatic carbocycles. The van der Waals surface area contributed by atoms with E-state index in [1.165, 1.54) is 12.1 Å². The van der Waals surface area contributed by atoms with Crippen LogP contribution in [-0.4, -0.2) is 16.2 Å². The lowest BCUT2D eigenvalue weighted by atomic mass is 10.1. The second-order valence-electron chi connectivity index (χ2n) is 2.63. The lowest BCUT2D eigenvalue weighted by molar-refractivity contribution is -0.115. The van der Waals surface area contributed by atoms with Crippen LogP contribution >= 0.6 is 15.9 Å². The minimum absolute atomic E-state index is 0.00833. The van der Waals surface area contributed by atoms with Gasteiger partial charge in [0.1, 0.15) is 5.78 Å². The molecule has 0 bridgehead atoms. The Morgan fingerprint density at radius 1 is 1.54 bits per heavy atom. The maximum atomic E-state index is 12.6. The van der Waals surface area contributed by atoms with Crippen molar-refractivity contribution < 1.29 is 14.3 Å². The fraction of sp³-hybridized carbons (Fsp3) is 0.222. The topological polar surface area (TPSA) is 37.3 Å². The molecule has 70 valence electrons. The van der Waals surface area contributed by atoms with Crippen LogP contribution in [0.4, 0.5) is 4.39 Å². The number of hydrogen-bond donors (Lipinski definition) is 1. The summed E-state index contributed by atoms with van der Waals surface area (Å²) in [6, 6.07) is 3.89. The van der Waals surface area contributed by atoms with E-state index in [1.807, 2.05) is 0 Å². The molecule has 0 aromatic heterocycles. The van der Waals surface area contributed by atoms with E-state index >= 15 is 0 Å². The summed E-state index contributed by atoms with van der Waals surface area (Å²) in [6.07, 6.45) is 0.207. The predicted molar refractivity (Wildman–Crippen MR) is 50.6 cm³/mol. The Bertz CT molecular complexity index is 325. The van der Waals surface area contributed by atoms with E-state index < -0.39 is 11.6 Å². The van der Waals surface area contributed by atoms with Crippen LogP contribution in [0, 0.1) is 5.82 Å². The number of phenols is 1. The van der Waals surface area contributed by atoms with E-state index in [0.29, 0.717) is 5.56 Å². The van der Waals surface area contributed by atoms with E-state index in [0.717, 1.165) is 6.07 Å². The van der Waals surface area contributed by atoms with E-state index in [1.54, 1.807) is 0 Å². The Morgan fingerprint density at radius 2 is 2.23 bits per heavy atom. The van der Waals surface area contributed by atoms with Gasteiger partial charge in [-0.1, -0.05) is 22.0 Å². The van der Waals surface area contributed by atoms with E-state index in [9.17, 15) is 9.18 Å². The molecular weight excluding hydrogens is 239 g/mol. The summed E-state index contributed by atoms with van der Waals surface area (Å²) in [4.78, 5) is 11.0. The first-order valence-electron chi connectivity index (χ1n) is 3.68. The number of carbonyl (C=O) groups is 1. The standard InChI is InChI=1S/C9H8BrFO2/c10-5-7(12)3-6-1-2-8(11)9(13)4-6/h1-2,4,13H,3,5H2. The Morgan fingerprint density at radius 3 is 2.77 bits per heavy atom.